The van der Waals surface area contributed by atoms with Gasteiger partial charge in [0.1, 0.15) is 24.4 Å². The van der Waals surface area contributed by atoms with Crippen LogP contribution in [0.2, 0.25) is 0 Å². The number of carbonyl (C=O) groups is 2. The lowest BCUT2D eigenvalue weighted by Crippen LogP contribution is -2.60. The van der Waals surface area contributed by atoms with Crippen LogP contribution in [-0.2, 0) is 23.8 Å². The van der Waals surface area contributed by atoms with Gasteiger partial charge in [-0.05, 0) is 77.0 Å². The summed E-state index contributed by atoms with van der Waals surface area (Å²) in [5.41, 5.74) is 0. The van der Waals surface area contributed by atoms with E-state index in [-0.39, 0.29) is 18.5 Å². The van der Waals surface area contributed by atoms with Gasteiger partial charge in [0, 0.05) is 12.8 Å². The van der Waals surface area contributed by atoms with Gasteiger partial charge in [-0.25, -0.2) is 0 Å². The minimum Gasteiger partial charge on any atom is -0.466 e. The summed E-state index contributed by atoms with van der Waals surface area (Å²) < 4.78 is 16.8. The molecule has 98 heavy (non-hydrogen) atoms. The summed E-state index contributed by atoms with van der Waals surface area (Å²) in [7, 11) is 0. The average molecular weight is 1380 g/mol. The van der Waals surface area contributed by atoms with Crippen LogP contribution in [0.5, 0.6) is 0 Å². The Morgan fingerprint density at radius 3 is 1.07 bits per heavy atom. The van der Waals surface area contributed by atoms with Crippen molar-refractivity contribution in [1.82, 2.24) is 5.32 Å². The molecule has 11 nitrogen and oxygen atoms in total. The van der Waals surface area contributed by atoms with Crippen LogP contribution >= 0.6 is 0 Å². The molecular formula is C87H163NO10. The highest BCUT2D eigenvalue weighted by Gasteiger charge is 2.44. The largest absolute Gasteiger partial charge is 0.466 e. The standard InChI is InChI=1S/C87H163NO10/c1-3-5-7-9-11-13-15-17-18-19-41-45-48-51-55-59-63-67-71-75-83(92)96-76-72-68-64-60-56-52-49-46-43-40-38-36-34-32-30-28-26-24-22-20-21-23-25-27-29-31-33-35-37-39-42-44-47-50-54-58-62-66-70-74-82(91)88-79(78-97-87-86(95)85(94)84(93)81(77-89)98-87)80(90)73-69-65-61-57-53-16-14-12-10-8-6-4-2/h20-21,24,26,53,57,69,73,79-81,84-87,89-90,93-95H,3-19,22-23,25,27-52,54-56,58-68,70-72,74-78H2,1-2H3,(H,88,91)/b21-20-,26-24-,57-53+,73-69+. The molecule has 6 N–H and O–H groups in total. The van der Waals surface area contributed by atoms with Crippen molar-refractivity contribution in [2.75, 3.05) is 19.8 Å². The van der Waals surface area contributed by atoms with E-state index in [1.807, 2.05) is 6.08 Å². The number of allylic oxidation sites excluding steroid dienone is 7. The fourth-order valence-electron chi connectivity index (χ4n) is 13.7. The normalized spacial score (nSPS) is 17.4. The summed E-state index contributed by atoms with van der Waals surface area (Å²) in [5.74, 6) is -0.168. The van der Waals surface area contributed by atoms with Gasteiger partial charge in [0.2, 0.25) is 5.91 Å². The zero-order valence-electron chi connectivity index (χ0n) is 64.5. The summed E-state index contributed by atoms with van der Waals surface area (Å²) in [5, 5.41) is 54.5. The van der Waals surface area contributed by atoms with Crippen molar-refractivity contribution in [1.29, 1.82) is 0 Å². The first-order chi connectivity index (χ1) is 48.2. The van der Waals surface area contributed by atoms with Crippen molar-refractivity contribution in [2.24, 2.45) is 0 Å². The van der Waals surface area contributed by atoms with E-state index in [1.165, 1.54) is 347 Å². The van der Waals surface area contributed by atoms with E-state index in [4.69, 9.17) is 14.2 Å². The number of amides is 1. The Balaban J connectivity index is 1.87. The molecule has 576 valence electrons. The molecule has 1 amide bonds. The van der Waals surface area contributed by atoms with Gasteiger partial charge in [0.15, 0.2) is 6.29 Å². The maximum Gasteiger partial charge on any atom is 0.305 e. The summed E-state index contributed by atoms with van der Waals surface area (Å²) >= 11 is 0. The molecule has 0 aromatic rings. The van der Waals surface area contributed by atoms with E-state index in [2.05, 4.69) is 55.6 Å². The quantitative estimate of drug-likeness (QED) is 0.0195. The molecule has 1 heterocycles. The van der Waals surface area contributed by atoms with Crippen molar-refractivity contribution in [3.05, 3.63) is 48.6 Å². The number of ether oxygens (including phenoxy) is 3. The number of nitrogens with one attached hydrogen (secondary N) is 1. The van der Waals surface area contributed by atoms with E-state index in [0.717, 1.165) is 57.8 Å². The van der Waals surface area contributed by atoms with Crippen molar-refractivity contribution >= 4 is 11.9 Å². The first kappa shape index (κ1) is 93.6. The fourth-order valence-corrected chi connectivity index (χ4v) is 13.7. The predicted molar refractivity (Wildman–Crippen MR) is 417 cm³/mol. The Kier molecular flexibility index (Phi) is 72.4. The minimum absolute atomic E-state index is 0.0200. The number of rotatable bonds is 77. The fraction of sp³-hybridized carbons (Fsp3) is 0.885. The third kappa shape index (κ3) is 63.3. The van der Waals surface area contributed by atoms with Gasteiger partial charge in [-0.2, -0.15) is 0 Å². The molecule has 7 unspecified atom stereocenters. The third-order valence-corrected chi connectivity index (χ3v) is 20.4. The molecule has 1 fully saturated rings. The van der Waals surface area contributed by atoms with Crippen molar-refractivity contribution < 1.29 is 49.3 Å². The Labute approximate surface area is 606 Å². The summed E-state index contributed by atoms with van der Waals surface area (Å²) in [4.78, 5) is 25.2. The van der Waals surface area contributed by atoms with Gasteiger partial charge in [0.05, 0.1) is 32.0 Å². The molecule has 0 bridgehead atoms. The van der Waals surface area contributed by atoms with Crippen molar-refractivity contribution in [2.45, 2.75) is 474 Å². The molecule has 1 aliphatic rings. The van der Waals surface area contributed by atoms with E-state index >= 15 is 0 Å². The number of carbonyl (C=O) groups excluding carboxylic acids is 2. The average Bonchev–Trinajstić information content (AvgIpc) is 0.824. The highest BCUT2D eigenvalue weighted by atomic mass is 16.7. The Hall–Kier alpha value is -2.38. The predicted octanol–water partition coefficient (Wildman–Crippen LogP) is 23.8. The number of esters is 1. The van der Waals surface area contributed by atoms with Crippen molar-refractivity contribution in [3.63, 3.8) is 0 Å². The Bertz CT molecular complexity index is 1770. The first-order valence-electron chi connectivity index (χ1n) is 42.9. The summed E-state index contributed by atoms with van der Waals surface area (Å²) in [6, 6.07) is -0.826. The van der Waals surface area contributed by atoms with Crippen LogP contribution in [0.25, 0.3) is 0 Å². The molecule has 0 saturated carbocycles. The SMILES string of the molecule is CCCCCCCC/C=C/CC/C=C/C(O)C(COC1OC(CO)C(O)C(O)C1O)NC(=O)CCCCCCCCCCCCCCCCCCC/C=C\C/C=C\CCCCCCCCCCCCCCCCCOC(=O)CCCCCCCCCCCCCCCCCCCCC. The van der Waals surface area contributed by atoms with Crippen LogP contribution in [0.1, 0.15) is 431 Å². The van der Waals surface area contributed by atoms with Gasteiger partial charge in [-0.1, -0.05) is 390 Å². The lowest BCUT2D eigenvalue weighted by atomic mass is 9.99. The maximum absolute atomic E-state index is 13.1. The number of hydrogen-bond acceptors (Lipinski definition) is 10. The van der Waals surface area contributed by atoms with Crippen LogP contribution in [0.4, 0.5) is 0 Å². The second-order valence-electron chi connectivity index (χ2n) is 29.9. The second kappa shape index (κ2) is 75.8. The van der Waals surface area contributed by atoms with Crippen LogP contribution in [0, 0.1) is 0 Å². The molecule has 7 atom stereocenters. The third-order valence-electron chi connectivity index (χ3n) is 20.4. The highest BCUT2D eigenvalue weighted by Crippen LogP contribution is 2.24. The molecular weight excluding hydrogens is 1220 g/mol. The molecule has 1 aliphatic heterocycles. The van der Waals surface area contributed by atoms with Gasteiger partial charge in [0.25, 0.3) is 0 Å². The maximum atomic E-state index is 13.1. The molecule has 0 aromatic heterocycles. The van der Waals surface area contributed by atoms with Crippen LogP contribution < -0.4 is 5.32 Å². The monoisotopic (exact) mass is 1380 g/mol. The first-order valence-corrected chi connectivity index (χ1v) is 42.9. The number of hydrogen-bond donors (Lipinski definition) is 6. The minimum atomic E-state index is -1.58. The Morgan fingerprint density at radius 1 is 0.378 bits per heavy atom. The molecule has 1 rings (SSSR count). The smallest absolute Gasteiger partial charge is 0.305 e. The van der Waals surface area contributed by atoms with Gasteiger partial charge in [-0.15, -0.1) is 0 Å². The van der Waals surface area contributed by atoms with E-state index in [1.54, 1.807) is 6.08 Å². The molecule has 0 spiro atoms. The highest BCUT2D eigenvalue weighted by molar-refractivity contribution is 5.76. The molecule has 0 aromatic carbocycles. The molecule has 11 heteroatoms. The summed E-state index contributed by atoms with van der Waals surface area (Å²) in [6.45, 7) is 4.37. The Morgan fingerprint density at radius 2 is 0.694 bits per heavy atom. The number of aliphatic hydroxyl groups is 5. The molecule has 1 saturated heterocycles. The van der Waals surface area contributed by atoms with Crippen LogP contribution in [0.3, 0.4) is 0 Å². The van der Waals surface area contributed by atoms with Crippen molar-refractivity contribution in [3.8, 4) is 0 Å². The van der Waals surface area contributed by atoms with Crippen LogP contribution in [-0.4, -0.2) is 100 Å². The van der Waals surface area contributed by atoms with Crippen LogP contribution in [0.15, 0.2) is 48.6 Å². The zero-order chi connectivity index (χ0) is 70.8. The van der Waals surface area contributed by atoms with Gasteiger partial charge < -0.3 is 45.1 Å². The summed E-state index contributed by atoms with van der Waals surface area (Å²) in [6.07, 6.45) is 91.8. The van der Waals surface area contributed by atoms with E-state index < -0.39 is 49.5 Å². The van der Waals surface area contributed by atoms with Gasteiger partial charge in [-0.3, -0.25) is 9.59 Å². The second-order valence-corrected chi connectivity index (χ2v) is 29.9. The van der Waals surface area contributed by atoms with Gasteiger partial charge >= 0.3 is 5.97 Å². The molecule has 0 radical (unpaired) electrons. The van der Waals surface area contributed by atoms with E-state index in [9.17, 15) is 35.1 Å². The lowest BCUT2D eigenvalue weighted by molar-refractivity contribution is -0.302. The number of aliphatic hydroxyl groups excluding tert-OH is 5. The lowest BCUT2D eigenvalue weighted by Gasteiger charge is -2.40. The topological polar surface area (TPSA) is 175 Å². The van der Waals surface area contributed by atoms with E-state index in [0.29, 0.717) is 19.4 Å². The number of unbranched alkanes of at least 4 members (excludes halogenated alkanes) is 57. The molecule has 0 aliphatic carbocycles. The zero-order valence-corrected chi connectivity index (χ0v) is 64.5.